The van der Waals surface area contributed by atoms with Crippen molar-refractivity contribution in [3.63, 3.8) is 0 Å². The van der Waals surface area contributed by atoms with E-state index in [4.69, 9.17) is 9.47 Å². The van der Waals surface area contributed by atoms with Gasteiger partial charge in [0.15, 0.2) is 5.82 Å². The van der Waals surface area contributed by atoms with Gasteiger partial charge in [-0.1, -0.05) is 30.3 Å². The number of aliphatic hydroxyl groups excluding tert-OH is 1. The van der Waals surface area contributed by atoms with Crippen molar-refractivity contribution in [2.75, 3.05) is 24.7 Å². The molecule has 0 bridgehead atoms. The number of rotatable bonds is 6. The van der Waals surface area contributed by atoms with Gasteiger partial charge in [0.05, 0.1) is 43.9 Å². The molecule has 3 rings (SSSR count). The van der Waals surface area contributed by atoms with Gasteiger partial charge < -0.3 is 19.5 Å². The predicted octanol–water partition coefficient (Wildman–Crippen LogP) is 2.59. The summed E-state index contributed by atoms with van der Waals surface area (Å²) in [7, 11) is 0. The lowest BCUT2D eigenvalue weighted by Crippen LogP contribution is -2.46. The summed E-state index contributed by atoms with van der Waals surface area (Å²) in [5, 5.41) is 10.6. The molecule has 2 aromatic rings. The Hall–Kier alpha value is -2.18. The molecule has 1 aromatic carbocycles. The molecule has 6 nitrogen and oxygen atoms in total. The zero-order valence-corrected chi connectivity index (χ0v) is 14.7. The van der Waals surface area contributed by atoms with E-state index in [-0.39, 0.29) is 12.1 Å². The molecule has 1 aliphatic heterocycles. The molecule has 2 unspecified atom stereocenters. The molecule has 25 heavy (non-hydrogen) atoms. The number of benzene rings is 1. The molecule has 0 saturated carbocycles. The SMILES string of the molecule is CC(C)Oc1cncc(N2CCOCC2CC(O)c2ccccc2)n1. The number of hydrogen-bond acceptors (Lipinski definition) is 6. The zero-order chi connectivity index (χ0) is 17.6. The highest BCUT2D eigenvalue weighted by atomic mass is 16.5. The van der Waals surface area contributed by atoms with Crippen LogP contribution in [0.5, 0.6) is 5.88 Å². The van der Waals surface area contributed by atoms with Gasteiger partial charge in [0.2, 0.25) is 5.88 Å². The van der Waals surface area contributed by atoms with E-state index in [0.717, 1.165) is 11.4 Å². The fourth-order valence-electron chi connectivity index (χ4n) is 3.00. The lowest BCUT2D eigenvalue weighted by Gasteiger charge is -2.37. The molecule has 0 aliphatic carbocycles. The van der Waals surface area contributed by atoms with Gasteiger partial charge in [-0.15, -0.1) is 0 Å². The van der Waals surface area contributed by atoms with Gasteiger partial charge in [-0.2, -0.15) is 4.98 Å². The van der Waals surface area contributed by atoms with Crippen LogP contribution in [0.2, 0.25) is 0 Å². The lowest BCUT2D eigenvalue weighted by atomic mass is 10.0. The number of hydrogen-bond donors (Lipinski definition) is 1. The van der Waals surface area contributed by atoms with Crippen molar-refractivity contribution in [3.05, 3.63) is 48.3 Å². The largest absolute Gasteiger partial charge is 0.474 e. The minimum atomic E-state index is -0.543. The highest BCUT2D eigenvalue weighted by molar-refractivity contribution is 5.40. The average Bonchev–Trinajstić information content (AvgIpc) is 2.62. The molecule has 1 fully saturated rings. The van der Waals surface area contributed by atoms with Crippen LogP contribution in [0.3, 0.4) is 0 Å². The number of aromatic nitrogens is 2. The number of morpholine rings is 1. The van der Waals surface area contributed by atoms with E-state index in [2.05, 4.69) is 14.9 Å². The van der Waals surface area contributed by atoms with Gasteiger partial charge in [0.25, 0.3) is 0 Å². The normalized spacial score (nSPS) is 19.0. The minimum Gasteiger partial charge on any atom is -0.474 e. The van der Waals surface area contributed by atoms with E-state index < -0.39 is 6.10 Å². The van der Waals surface area contributed by atoms with Crippen LogP contribution in [-0.4, -0.2) is 47.0 Å². The van der Waals surface area contributed by atoms with Gasteiger partial charge in [-0.05, 0) is 19.4 Å². The Labute approximate surface area is 148 Å². The van der Waals surface area contributed by atoms with Crippen LogP contribution in [0.4, 0.5) is 5.82 Å². The summed E-state index contributed by atoms with van der Waals surface area (Å²) >= 11 is 0. The third-order valence-electron chi connectivity index (χ3n) is 4.16. The van der Waals surface area contributed by atoms with E-state index in [9.17, 15) is 5.11 Å². The molecule has 1 N–H and O–H groups in total. The first-order valence-electron chi connectivity index (χ1n) is 8.69. The monoisotopic (exact) mass is 343 g/mol. The highest BCUT2D eigenvalue weighted by Gasteiger charge is 2.27. The van der Waals surface area contributed by atoms with Gasteiger partial charge in [-0.3, -0.25) is 4.98 Å². The molecule has 1 aliphatic rings. The molecule has 0 radical (unpaired) electrons. The van der Waals surface area contributed by atoms with Crippen molar-refractivity contribution < 1.29 is 14.6 Å². The van der Waals surface area contributed by atoms with Crippen LogP contribution in [0, 0.1) is 0 Å². The summed E-state index contributed by atoms with van der Waals surface area (Å²) in [4.78, 5) is 11.0. The maximum absolute atomic E-state index is 10.6. The van der Waals surface area contributed by atoms with Crippen molar-refractivity contribution in [1.82, 2.24) is 9.97 Å². The molecular formula is C19H25N3O3. The lowest BCUT2D eigenvalue weighted by molar-refractivity contribution is 0.0675. The van der Waals surface area contributed by atoms with Crippen LogP contribution in [0.1, 0.15) is 31.9 Å². The molecule has 6 heteroatoms. The first-order valence-corrected chi connectivity index (χ1v) is 8.69. The Bertz CT molecular complexity index is 666. The Morgan fingerprint density at radius 3 is 2.84 bits per heavy atom. The third kappa shape index (κ3) is 4.67. The quantitative estimate of drug-likeness (QED) is 0.869. The van der Waals surface area contributed by atoms with Gasteiger partial charge in [0.1, 0.15) is 0 Å². The van der Waals surface area contributed by atoms with Crippen LogP contribution in [-0.2, 0) is 4.74 Å². The molecule has 0 spiro atoms. The first-order chi connectivity index (χ1) is 12.1. The molecule has 2 atom stereocenters. The van der Waals surface area contributed by atoms with Crippen LogP contribution in [0.15, 0.2) is 42.7 Å². The average molecular weight is 343 g/mol. The Morgan fingerprint density at radius 1 is 1.28 bits per heavy atom. The van der Waals surface area contributed by atoms with Crippen LogP contribution in [0.25, 0.3) is 0 Å². The number of aliphatic hydroxyl groups is 1. The maximum atomic E-state index is 10.6. The fourth-order valence-corrected chi connectivity index (χ4v) is 3.00. The second-order valence-corrected chi connectivity index (χ2v) is 6.47. The van der Waals surface area contributed by atoms with Crippen molar-refractivity contribution in [3.8, 4) is 5.88 Å². The molecular weight excluding hydrogens is 318 g/mol. The predicted molar refractivity (Wildman–Crippen MR) is 95.8 cm³/mol. The zero-order valence-electron chi connectivity index (χ0n) is 14.7. The maximum Gasteiger partial charge on any atom is 0.234 e. The van der Waals surface area contributed by atoms with E-state index in [1.165, 1.54) is 0 Å². The Balaban J connectivity index is 1.74. The second kappa shape index (κ2) is 8.27. The van der Waals surface area contributed by atoms with Gasteiger partial charge in [0, 0.05) is 13.0 Å². The van der Waals surface area contributed by atoms with Crippen molar-refractivity contribution in [2.45, 2.75) is 38.5 Å². The smallest absolute Gasteiger partial charge is 0.234 e. The highest BCUT2D eigenvalue weighted by Crippen LogP contribution is 2.26. The summed E-state index contributed by atoms with van der Waals surface area (Å²) in [6.45, 7) is 5.83. The number of anilines is 1. The summed E-state index contributed by atoms with van der Waals surface area (Å²) in [5.74, 6) is 1.27. The molecule has 0 amide bonds. The molecule has 2 heterocycles. The van der Waals surface area contributed by atoms with Gasteiger partial charge >= 0.3 is 0 Å². The van der Waals surface area contributed by atoms with E-state index in [1.807, 2.05) is 44.2 Å². The van der Waals surface area contributed by atoms with E-state index in [1.54, 1.807) is 12.4 Å². The van der Waals surface area contributed by atoms with Gasteiger partial charge in [-0.25, -0.2) is 0 Å². The van der Waals surface area contributed by atoms with Crippen LogP contribution < -0.4 is 9.64 Å². The second-order valence-electron chi connectivity index (χ2n) is 6.47. The minimum absolute atomic E-state index is 0.0348. The molecule has 1 saturated heterocycles. The summed E-state index contributed by atoms with van der Waals surface area (Å²) in [6.07, 6.45) is 3.43. The standard InChI is InChI=1S/C19H25N3O3/c1-14(2)25-19-12-20-11-18(21-19)22-8-9-24-13-16(22)10-17(23)15-6-4-3-5-7-15/h3-7,11-12,14,16-17,23H,8-10,13H2,1-2H3. The number of ether oxygens (including phenoxy) is 2. The molecule has 1 aromatic heterocycles. The van der Waals surface area contributed by atoms with Crippen LogP contribution >= 0.6 is 0 Å². The van der Waals surface area contributed by atoms with E-state index in [0.29, 0.717) is 32.1 Å². The Morgan fingerprint density at radius 2 is 2.08 bits per heavy atom. The Kier molecular flexibility index (Phi) is 5.83. The fraction of sp³-hybridized carbons (Fsp3) is 0.474. The van der Waals surface area contributed by atoms with Crippen molar-refractivity contribution >= 4 is 5.82 Å². The van der Waals surface area contributed by atoms with Crippen molar-refractivity contribution in [2.24, 2.45) is 0 Å². The first kappa shape index (κ1) is 17.6. The van der Waals surface area contributed by atoms with Crippen molar-refractivity contribution in [1.29, 1.82) is 0 Å². The third-order valence-corrected chi connectivity index (χ3v) is 4.16. The summed E-state index contributed by atoms with van der Waals surface area (Å²) in [6, 6.07) is 9.73. The summed E-state index contributed by atoms with van der Waals surface area (Å²) < 4.78 is 11.3. The topological polar surface area (TPSA) is 67.7 Å². The molecule has 134 valence electrons. The summed E-state index contributed by atoms with van der Waals surface area (Å²) in [5.41, 5.74) is 0.913. The van der Waals surface area contributed by atoms with E-state index >= 15 is 0 Å². The number of nitrogens with zero attached hydrogens (tertiary/aromatic N) is 3.